The predicted octanol–water partition coefficient (Wildman–Crippen LogP) is 1.67. The number of carbonyl (C=O) groups excluding carboxylic acids is 3. The van der Waals surface area contributed by atoms with Gasteiger partial charge in [-0.1, -0.05) is 38.5 Å². The summed E-state index contributed by atoms with van der Waals surface area (Å²) < 4.78 is 30.7. The van der Waals surface area contributed by atoms with Crippen molar-refractivity contribution in [2.24, 2.45) is 23.7 Å². The number of hydrogen-bond donors (Lipinski definition) is 5. The van der Waals surface area contributed by atoms with Gasteiger partial charge in [-0.3, -0.25) is 9.59 Å². The first-order chi connectivity index (χ1) is 24.3. The summed E-state index contributed by atoms with van der Waals surface area (Å²) in [6.45, 7) is 11.6. The van der Waals surface area contributed by atoms with E-state index in [0.29, 0.717) is 12.0 Å². The van der Waals surface area contributed by atoms with Crippen molar-refractivity contribution in [3.8, 4) is 0 Å². The highest BCUT2D eigenvalue weighted by molar-refractivity contribution is 5.91. The molecule has 0 radical (unpaired) electrons. The average Bonchev–Trinajstić information content (AvgIpc) is 3.07. The van der Waals surface area contributed by atoms with Crippen LogP contribution in [-0.4, -0.2) is 142 Å². The molecule has 3 rings (SSSR count). The molecule has 52 heavy (non-hydrogen) atoms. The molecule has 3 heterocycles. The number of allylic oxidation sites excluding steroid dienone is 3. The number of ketones is 1. The van der Waals surface area contributed by atoms with E-state index in [1.807, 2.05) is 6.92 Å². The van der Waals surface area contributed by atoms with Crippen molar-refractivity contribution >= 4 is 18.0 Å². The SMILES string of the molecule is CC[C@H]1OC(=O)C[C@@H](O)[C@H](C)[C@@H](O[C@@H]2OC(C)[C@@H](O[C@H]3CC(C)(O)C(O)[C@@H](C)O3)C(N(C)C)C2O)[C@@H](CC=O)C[C@@H](C)C(=O)/C=C/C(C)=C/[C@@H]1CO. The van der Waals surface area contributed by atoms with Gasteiger partial charge in [-0.15, -0.1) is 0 Å². The zero-order valence-electron chi connectivity index (χ0n) is 32.2. The molecule has 0 aliphatic carbocycles. The van der Waals surface area contributed by atoms with E-state index in [9.17, 15) is 39.9 Å². The molecule has 5 N–H and O–H groups in total. The third-order valence-corrected chi connectivity index (χ3v) is 10.9. The molecular weight excluding hydrogens is 678 g/mol. The van der Waals surface area contributed by atoms with E-state index < -0.39 is 109 Å². The Labute approximate surface area is 308 Å². The Hall–Kier alpha value is -2.11. The summed E-state index contributed by atoms with van der Waals surface area (Å²) in [5, 5.41) is 54.5. The van der Waals surface area contributed by atoms with Crippen molar-refractivity contribution in [2.75, 3.05) is 20.7 Å². The minimum absolute atomic E-state index is 0.0210. The van der Waals surface area contributed by atoms with Gasteiger partial charge >= 0.3 is 5.97 Å². The number of rotatable bonds is 9. The van der Waals surface area contributed by atoms with Crippen LogP contribution in [0.3, 0.4) is 0 Å². The number of likely N-dealkylation sites (N-methyl/N-ethyl adjacent to an activating group) is 1. The third-order valence-electron chi connectivity index (χ3n) is 10.9. The smallest absolute Gasteiger partial charge is 0.308 e. The molecule has 2 saturated heterocycles. The van der Waals surface area contributed by atoms with Crippen molar-refractivity contribution < 1.29 is 63.6 Å². The van der Waals surface area contributed by atoms with Crippen LogP contribution >= 0.6 is 0 Å². The second kappa shape index (κ2) is 19.5. The lowest BCUT2D eigenvalue weighted by molar-refractivity contribution is -0.341. The highest BCUT2D eigenvalue weighted by Crippen LogP contribution is 2.37. The van der Waals surface area contributed by atoms with Crippen molar-refractivity contribution in [3.63, 3.8) is 0 Å². The fourth-order valence-electron chi connectivity index (χ4n) is 7.68. The van der Waals surface area contributed by atoms with Crippen LogP contribution in [0, 0.1) is 23.7 Å². The molecule has 0 aromatic carbocycles. The number of aliphatic hydroxyl groups is 5. The summed E-state index contributed by atoms with van der Waals surface area (Å²) >= 11 is 0. The fraction of sp³-hybridized carbons (Fsp3) is 0.816. The summed E-state index contributed by atoms with van der Waals surface area (Å²) in [5.74, 6) is -3.38. The number of aliphatic hydroxyl groups excluding tert-OH is 4. The van der Waals surface area contributed by atoms with Gasteiger partial charge in [0.15, 0.2) is 18.4 Å². The van der Waals surface area contributed by atoms with Crippen LogP contribution in [0.4, 0.5) is 0 Å². The Balaban J connectivity index is 1.96. The second-order valence-corrected chi connectivity index (χ2v) is 15.5. The van der Waals surface area contributed by atoms with Crippen LogP contribution in [-0.2, 0) is 38.1 Å². The first-order valence-electron chi connectivity index (χ1n) is 18.5. The summed E-state index contributed by atoms with van der Waals surface area (Å²) in [6.07, 6.45) is -4.08. The topological polar surface area (TPSA) is 202 Å². The van der Waals surface area contributed by atoms with Gasteiger partial charge in [-0.05, 0) is 66.6 Å². The average molecular weight is 742 g/mol. The Kier molecular flexibility index (Phi) is 16.6. The number of ether oxygens (including phenoxy) is 5. The Morgan fingerprint density at radius 1 is 1.02 bits per heavy atom. The number of nitrogens with zero attached hydrogens (tertiary/aromatic N) is 1. The zero-order chi connectivity index (χ0) is 39.1. The lowest BCUT2D eigenvalue weighted by Crippen LogP contribution is -2.65. The molecular formula is C38H63NO13. The number of hydrogen-bond acceptors (Lipinski definition) is 14. The van der Waals surface area contributed by atoms with Crippen molar-refractivity contribution in [3.05, 3.63) is 23.8 Å². The van der Waals surface area contributed by atoms with Crippen LogP contribution in [0.25, 0.3) is 0 Å². The standard InChI is InChI=1S/C38H63NO13/c1-10-29-26(19-41)15-20(2)11-12-27(42)21(3)16-25(13-14-40)34(22(4)28(43)17-30(44)50-29)52-37-33(45)32(39(8)9)35(23(5)49-37)51-31-18-38(7,47)36(46)24(6)48-31/h11-12,14-15,21-26,28-29,31-37,41,43,45-47H,10,13,16-19H2,1-9H3/b12-11+,20-15+/t21-,22+,23?,24-,25+,26-,28-,29-,31+,32?,33?,34-,35-,36?,37+,38?/m1/s1. The molecule has 3 aliphatic rings. The fourth-order valence-corrected chi connectivity index (χ4v) is 7.68. The molecule has 16 atom stereocenters. The third kappa shape index (κ3) is 11.2. The van der Waals surface area contributed by atoms with E-state index in [0.717, 1.165) is 6.29 Å². The maximum atomic E-state index is 13.3. The van der Waals surface area contributed by atoms with Gasteiger partial charge in [0.1, 0.15) is 30.7 Å². The summed E-state index contributed by atoms with van der Waals surface area (Å²) in [4.78, 5) is 40.3. The maximum absolute atomic E-state index is 13.3. The van der Waals surface area contributed by atoms with E-state index >= 15 is 0 Å². The lowest BCUT2D eigenvalue weighted by Gasteiger charge is -2.50. The van der Waals surface area contributed by atoms with Gasteiger partial charge in [0.05, 0.1) is 49.1 Å². The maximum Gasteiger partial charge on any atom is 0.308 e. The van der Waals surface area contributed by atoms with E-state index in [1.54, 1.807) is 65.8 Å². The quantitative estimate of drug-likeness (QED) is 0.169. The molecule has 14 nitrogen and oxygen atoms in total. The zero-order valence-corrected chi connectivity index (χ0v) is 32.2. The van der Waals surface area contributed by atoms with Crippen LogP contribution in [0.2, 0.25) is 0 Å². The number of aldehydes is 1. The van der Waals surface area contributed by atoms with Crippen molar-refractivity contribution in [1.29, 1.82) is 0 Å². The van der Waals surface area contributed by atoms with E-state index in [1.165, 1.54) is 13.0 Å². The highest BCUT2D eigenvalue weighted by atomic mass is 16.7. The molecule has 0 saturated carbocycles. The number of carbonyl (C=O) groups is 3. The molecule has 298 valence electrons. The normalized spacial score (nSPS) is 44.8. The minimum Gasteiger partial charge on any atom is -0.462 e. The second-order valence-electron chi connectivity index (χ2n) is 15.5. The Morgan fingerprint density at radius 2 is 1.69 bits per heavy atom. The van der Waals surface area contributed by atoms with Gasteiger partial charge < -0.3 is 58.9 Å². The number of cyclic esters (lactones) is 1. The minimum atomic E-state index is -1.47. The largest absolute Gasteiger partial charge is 0.462 e. The molecule has 0 aromatic rings. The Bertz CT molecular complexity index is 1240. The molecule has 0 spiro atoms. The monoisotopic (exact) mass is 741 g/mol. The lowest BCUT2D eigenvalue weighted by atomic mass is 9.79. The van der Waals surface area contributed by atoms with Crippen LogP contribution in [0.5, 0.6) is 0 Å². The van der Waals surface area contributed by atoms with E-state index in [-0.39, 0.29) is 31.7 Å². The summed E-state index contributed by atoms with van der Waals surface area (Å²) in [7, 11) is 3.51. The van der Waals surface area contributed by atoms with Gasteiger partial charge in [-0.2, -0.15) is 0 Å². The molecule has 0 amide bonds. The first-order valence-corrected chi connectivity index (χ1v) is 18.5. The van der Waals surface area contributed by atoms with Crippen LogP contribution in [0.1, 0.15) is 80.6 Å². The molecule has 0 aromatic heterocycles. The van der Waals surface area contributed by atoms with Crippen LogP contribution < -0.4 is 0 Å². The first kappa shape index (κ1) is 44.3. The van der Waals surface area contributed by atoms with Gasteiger partial charge in [-0.25, -0.2) is 0 Å². The molecule has 3 aliphatic heterocycles. The molecule has 5 unspecified atom stereocenters. The highest BCUT2D eigenvalue weighted by Gasteiger charge is 2.51. The van der Waals surface area contributed by atoms with Crippen LogP contribution in [0.15, 0.2) is 23.8 Å². The van der Waals surface area contributed by atoms with Crippen molar-refractivity contribution in [2.45, 2.75) is 154 Å². The number of esters is 1. The molecule has 2 fully saturated rings. The van der Waals surface area contributed by atoms with Crippen molar-refractivity contribution in [1.82, 2.24) is 4.90 Å². The van der Waals surface area contributed by atoms with E-state index in [4.69, 9.17) is 23.7 Å². The van der Waals surface area contributed by atoms with E-state index in [2.05, 4.69) is 0 Å². The van der Waals surface area contributed by atoms with Gasteiger partial charge in [0.2, 0.25) is 0 Å². The summed E-state index contributed by atoms with van der Waals surface area (Å²) in [5.41, 5.74) is -0.773. The summed E-state index contributed by atoms with van der Waals surface area (Å²) in [6, 6.07) is -0.720. The predicted molar refractivity (Wildman–Crippen MR) is 190 cm³/mol. The molecule has 0 bridgehead atoms. The molecule has 14 heteroatoms. The van der Waals surface area contributed by atoms with Gasteiger partial charge in [0, 0.05) is 30.6 Å². The van der Waals surface area contributed by atoms with Gasteiger partial charge in [0.25, 0.3) is 0 Å². The Morgan fingerprint density at radius 3 is 2.27 bits per heavy atom.